The maximum atomic E-state index is 4.37. The molecular formula is C13H23N3. The van der Waals surface area contributed by atoms with E-state index in [0.29, 0.717) is 11.3 Å². The van der Waals surface area contributed by atoms with Gasteiger partial charge in [-0.1, -0.05) is 27.7 Å². The lowest BCUT2D eigenvalue weighted by molar-refractivity contribution is 0.274. The Morgan fingerprint density at radius 1 is 1.25 bits per heavy atom. The zero-order valence-electron chi connectivity index (χ0n) is 11.3. The van der Waals surface area contributed by atoms with Crippen LogP contribution in [-0.2, 0) is 0 Å². The van der Waals surface area contributed by atoms with Crippen LogP contribution in [0, 0.1) is 25.2 Å². The van der Waals surface area contributed by atoms with Crippen molar-refractivity contribution in [3.05, 3.63) is 17.6 Å². The van der Waals surface area contributed by atoms with Crippen LogP contribution in [0.25, 0.3) is 0 Å². The summed E-state index contributed by atoms with van der Waals surface area (Å²) >= 11 is 0. The summed E-state index contributed by atoms with van der Waals surface area (Å²) in [5.41, 5.74) is 1.34. The summed E-state index contributed by atoms with van der Waals surface area (Å²) in [6.07, 6.45) is 0. The molecule has 0 aliphatic carbocycles. The smallest absolute Gasteiger partial charge is 0.129 e. The average molecular weight is 221 g/mol. The van der Waals surface area contributed by atoms with Gasteiger partial charge in [-0.05, 0) is 25.2 Å². The lowest BCUT2D eigenvalue weighted by Crippen LogP contribution is -2.25. The van der Waals surface area contributed by atoms with Gasteiger partial charge in [-0.2, -0.15) is 0 Å². The molecule has 16 heavy (non-hydrogen) atoms. The van der Waals surface area contributed by atoms with Gasteiger partial charge in [-0.3, -0.25) is 0 Å². The average Bonchev–Trinajstić information content (AvgIpc) is 2.11. The molecular weight excluding hydrogens is 198 g/mol. The van der Waals surface area contributed by atoms with E-state index in [0.717, 1.165) is 23.9 Å². The van der Waals surface area contributed by atoms with E-state index in [9.17, 15) is 0 Å². The van der Waals surface area contributed by atoms with Gasteiger partial charge in [-0.15, -0.1) is 0 Å². The van der Waals surface area contributed by atoms with E-state index in [-0.39, 0.29) is 0 Å². The summed E-state index contributed by atoms with van der Waals surface area (Å²) in [6.45, 7) is 13.9. The molecule has 0 aliphatic rings. The summed E-state index contributed by atoms with van der Waals surface area (Å²) < 4.78 is 0. The van der Waals surface area contributed by atoms with Crippen molar-refractivity contribution in [1.82, 2.24) is 9.97 Å². The normalized spacial score (nSPS) is 13.6. The summed E-state index contributed by atoms with van der Waals surface area (Å²) in [5, 5.41) is 3.38. The molecule has 0 aromatic carbocycles. The monoisotopic (exact) mass is 221 g/mol. The first kappa shape index (κ1) is 12.9. The van der Waals surface area contributed by atoms with Gasteiger partial charge in [0.25, 0.3) is 0 Å². The fourth-order valence-electron chi connectivity index (χ4n) is 1.37. The Bertz CT molecular complexity index is 332. The molecule has 1 rings (SSSR count). The van der Waals surface area contributed by atoms with Crippen LogP contribution >= 0.6 is 0 Å². The minimum atomic E-state index is 0.324. The van der Waals surface area contributed by atoms with Crippen molar-refractivity contribution in [3.8, 4) is 0 Å². The highest BCUT2D eigenvalue weighted by atomic mass is 15.0. The Morgan fingerprint density at radius 2 is 1.88 bits per heavy atom. The van der Waals surface area contributed by atoms with Gasteiger partial charge in [0.15, 0.2) is 0 Å². The first-order valence-corrected chi connectivity index (χ1v) is 5.85. The molecule has 90 valence electrons. The molecule has 1 heterocycles. The summed E-state index contributed by atoms with van der Waals surface area (Å²) in [6, 6.07) is 1.99. The number of rotatable bonds is 3. The lowest BCUT2D eigenvalue weighted by Gasteiger charge is -2.27. The summed E-state index contributed by atoms with van der Waals surface area (Å²) in [5.74, 6) is 2.36. The third-order valence-electron chi connectivity index (χ3n) is 3.03. The topological polar surface area (TPSA) is 37.8 Å². The van der Waals surface area contributed by atoms with Crippen molar-refractivity contribution in [2.75, 3.05) is 11.9 Å². The Kier molecular flexibility index (Phi) is 3.89. The van der Waals surface area contributed by atoms with E-state index in [4.69, 9.17) is 0 Å². The van der Waals surface area contributed by atoms with Crippen LogP contribution in [0.3, 0.4) is 0 Å². The van der Waals surface area contributed by atoms with Crippen molar-refractivity contribution in [2.45, 2.75) is 41.5 Å². The van der Waals surface area contributed by atoms with Crippen molar-refractivity contribution >= 4 is 5.82 Å². The Labute approximate surface area is 98.7 Å². The molecule has 0 bridgehead atoms. The fourth-order valence-corrected chi connectivity index (χ4v) is 1.37. The predicted molar refractivity (Wildman–Crippen MR) is 68.6 cm³/mol. The number of hydrogen-bond acceptors (Lipinski definition) is 3. The third kappa shape index (κ3) is 3.80. The molecule has 3 nitrogen and oxygen atoms in total. The van der Waals surface area contributed by atoms with E-state index in [2.05, 4.69) is 43.0 Å². The molecule has 1 atom stereocenters. The fraction of sp³-hybridized carbons (Fsp3) is 0.692. The van der Waals surface area contributed by atoms with Crippen LogP contribution in [0.4, 0.5) is 5.82 Å². The Balaban J connectivity index is 2.61. The minimum Gasteiger partial charge on any atom is -0.370 e. The number of hydrogen-bond donors (Lipinski definition) is 1. The van der Waals surface area contributed by atoms with Gasteiger partial charge in [0.05, 0.1) is 0 Å². The van der Waals surface area contributed by atoms with E-state index in [1.54, 1.807) is 0 Å². The second kappa shape index (κ2) is 4.81. The molecule has 0 spiro atoms. The van der Waals surface area contributed by atoms with E-state index in [1.807, 2.05) is 19.9 Å². The SMILES string of the molecule is Cc1cc(NCC(C)C(C)(C)C)nc(C)n1. The molecule has 0 saturated carbocycles. The standard InChI is InChI=1S/C13H23N3/c1-9(13(4,5)6)8-14-12-7-10(2)15-11(3)16-12/h7,9H,8H2,1-6H3,(H,14,15,16). The number of nitrogens with one attached hydrogen (secondary N) is 1. The first-order valence-electron chi connectivity index (χ1n) is 5.85. The Morgan fingerprint density at radius 3 is 2.38 bits per heavy atom. The van der Waals surface area contributed by atoms with Crippen LogP contribution in [-0.4, -0.2) is 16.5 Å². The van der Waals surface area contributed by atoms with Crippen LogP contribution in [0.2, 0.25) is 0 Å². The largest absolute Gasteiger partial charge is 0.370 e. The van der Waals surface area contributed by atoms with Crippen molar-refractivity contribution in [1.29, 1.82) is 0 Å². The molecule has 0 radical (unpaired) electrons. The predicted octanol–water partition coefficient (Wildman–Crippen LogP) is 3.19. The van der Waals surface area contributed by atoms with Gasteiger partial charge in [0, 0.05) is 18.3 Å². The van der Waals surface area contributed by atoms with Crippen LogP contribution in [0.5, 0.6) is 0 Å². The number of anilines is 1. The number of aromatic nitrogens is 2. The molecule has 0 fully saturated rings. The zero-order chi connectivity index (χ0) is 12.3. The number of nitrogens with zero attached hydrogens (tertiary/aromatic N) is 2. The van der Waals surface area contributed by atoms with Gasteiger partial charge in [0.2, 0.25) is 0 Å². The van der Waals surface area contributed by atoms with Crippen LogP contribution in [0.1, 0.15) is 39.2 Å². The van der Waals surface area contributed by atoms with Crippen molar-refractivity contribution in [3.63, 3.8) is 0 Å². The molecule has 1 unspecified atom stereocenters. The highest BCUT2D eigenvalue weighted by molar-refractivity contribution is 5.35. The van der Waals surface area contributed by atoms with Gasteiger partial charge < -0.3 is 5.32 Å². The molecule has 0 amide bonds. The summed E-state index contributed by atoms with van der Waals surface area (Å²) in [4.78, 5) is 8.62. The highest BCUT2D eigenvalue weighted by Crippen LogP contribution is 2.25. The lowest BCUT2D eigenvalue weighted by atomic mass is 9.82. The molecule has 1 aromatic rings. The Hall–Kier alpha value is -1.12. The van der Waals surface area contributed by atoms with E-state index >= 15 is 0 Å². The second-order valence-electron chi connectivity index (χ2n) is 5.59. The highest BCUT2D eigenvalue weighted by Gasteiger charge is 2.19. The maximum absolute atomic E-state index is 4.37. The molecule has 1 N–H and O–H groups in total. The van der Waals surface area contributed by atoms with E-state index < -0.39 is 0 Å². The van der Waals surface area contributed by atoms with Gasteiger partial charge in [-0.25, -0.2) is 9.97 Å². The van der Waals surface area contributed by atoms with Crippen molar-refractivity contribution in [2.24, 2.45) is 11.3 Å². The molecule has 0 saturated heterocycles. The van der Waals surface area contributed by atoms with Crippen LogP contribution in [0.15, 0.2) is 6.07 Å². The van der Waals surface area contributed by atoms with Gasteiger partial charge in [0.1, 0.15) is 11.6 Å². The molecule has 0 aliphatic heterocycles. The zero-order valence-corrected chi connectivity index (χ0v) is 11.3. The van der Waals surface area contributed by atoms with Crippen molar-refractivity contribution < 1.29 is 0 Å². The maximum Gasteiger partial charge on any atom is 0.129 e. The quantitative estimate of drug-likeness (QED) is 0.851. The molecule has 3 heteroatoms. The third-order valence-corrected chi connectivity index (χ3v) is 3.03. The minimum absolute atomic E-state index is 0.324. The first-order chi connectivity index (χ1) is 7.29. The second-order valence-corrected chi connectivity index (χ2v) is 5.59. The van der Waals surface area contributed by atoms with Crippen LogP contribution < -0.4 is 5.32 Å². The molecule has 1 aromatic heterocycles. The van der Waals surface area contributed by atoms with Gasteiger partial charge >= 0.3 is 0 Å². The number of aryl methyl sites for hydroxylation is 2. The summed E-state index contributed by atoms with van der Waals surface area (Å²) in [7, 11) is 0. The van der Waals surface area contributed by atoms with E-state index in [1.165, 1.54) is 0 Å².